The van der Waals surface area contributed by atoms with Crippen LogP contribution in [0.3, 0.4) is 0 Å². The Morgan fingerprint density at radius 3 is 2.71 bits per heavy atom. The average molecular weight is 495 g/mol. The van der Waals surface area contributed by atoms with Gasteiger partial charge >= 0.3 is 6.03 Å². The van der Waals surface area contributed by atoms with Gasteiger partial charge in [-0.2, -0.15) is 0 Å². The number of nitrogens with one attached hydrogen (secondary N) is 3. The number of aromatic nitrogens is 2. The Kier molecular flexibility index (Phi) is 6.19. The molecule has 9 nitrogen and oxygen atoms in total. The summed E-state index contributed by atoms with van der Waals surface area (Å²) in [5, 5.41) is 7.56. The summed E-state index contributed by atoms with van der Waals surface area (Å²) in [6, 6.07) is 13.9. The number of H-pyrrole nitrogens is 1. The van der Waals surface area contributed by atoms with Gasteiger partial charge in [0.1, 0.15) is 18.0 Å². The van der Waals surface area contributed by atoms with Crippen LogP contribution >= 0.6 is 23.1 Å². The largest absolute Gasteiger partial charge is 0.486 e. The van der Waals surface area contributed by atoms with Crippen LogP contribution in [-0.4, -0.2) is 40.9 Å². The van der Waals surface area contributed by atoms with Crippen molar-refractivity contribution < 1.29 is 19.1 Å². The fourth-order valence-electron chi connectivity index (χ4n) is 3.41. The number of benzene rings is 2. The lowest BCUT2D eigenvalue weighted by molar-refractivity contribution is -0.117. The third-order valence-electron chi connectivity index (χ3n) is 4.90. The van der Waals surface area contributed by atoms with Crippen molar-refractivity contribution in [2.45, 2.75) is 5.16 Å². The van der Waals surface area contributed by atoms with Gasteiger partial charge in [0.25, 0.3) is 5.56 Å². The summed E-state index contributed by atoms with van der Waals surface area (Å²) in [5.41, 5.74) is 1.94. The SMILES string of the molecule is O=C(CSc1nc2scc(-c3ccccc3)c2c(=O)[nH]1)NC(=O)Nc1ccc2c(c1)OCCO2. The first-order valence-corrected chi connectivity index (χ1v) is 12.1. The smallest absolute Gasteiger partial charge is 0.325 e. The first-order chi connectivity index (χ1) is 16.6. The second kappa shape index (κ2) is 9.57. The molecule has 11 heteroatoms. The lowest BCUT2D eigenvalue weighted by atomic mass is 10.1. The molecule has 0 fully saturated rings. The molecule has 1 aliphatic heterocycles. The number of hydrogen-bond acceptors (Lipinski definition) is 8. The van der Waals surface area contributed by atoms with Gasteiger partial charge in [0, 0.05) is 22.7 Å². The Hall–Kier alpha value is -3.83. The highest BCUT2D eigenvalue weighted by Gasteiger charge is 2.16. The molecule has 0 atom stereocenters. The molecule has 0 aliphatic carbocycles. The third-order valence-corrected chi connectivity index (χ3v) is 6.65. The van der Waals surface area contributed by atoms with Crippen LogP contribution in [0.1, 0.15) is 0 Å². The highest BCUT2D eigenvalue weighted by Crippen LogP contribution is 2.33. The molecule has 3 amide bonds. The maximum atomic E-state index is 12.7. The molecule has 3 N–H and O–H groups in total. The molecule has 0 saturated heterocycles. The van der Waals surface area contributed by atoms with Gasteiger partial charge in [0.05, 0.1) is 11.1 Å². The molecule has 0 unspecified atom stereocenters. The van der Waals surface area contributed by atoms with Crippen molar-refractivity contribution in [3.05, 3.63) is 64.3 Å². The summed E-state index contributed by atoms with van der Waals surface area (Å²) in [6.45, 7) is 0.902. The van der Waals surface area contributed by atoms with Gasteiger partial charge in [-0.25, -0.2) is 9.78 Å². The highest BCUT2D eigenvalue weighted by atomic mass is 32.2. The number of fused-ring (bicyclic) bond motifs is 2. The van der Waals surface area contributed by atoms with Gasteiger partial charge in [-0.1, -0.05) is 42.1 Å². The minimum atomic E-state index is -0.676. The van der Waals surface area contributed by atoms with E-state index in [1.54, 1.807) is 18.2 Å². The molecule has 0 saturated carbocycles. The summed E-state index contributed by atoms with van der Waals surface area (Å²) in [7, 11) is 0. The normalized spacial score (nSPS) is 12.4. The zero-order chi connectivity index (χ0) is 23.5. The van der Waals surface area contributed by atoms with Gasteiger partial charge in [-0.05, 0) is 17.7 Å². The predicted octanol–water partition coefficient (Wildman–Crippen LogP) is 3.86. The molecular weight excluding hydrogens is 476 g/mol. The van der Waals surface area contributed by atoms with Crippen LogP contribution in [0.15, 0.2) is 63.9 Å². The molecule has 2 aromatic heterocycles. The number of imide groups is 1. The fourth-order valence-corrected chi connectivity index (χ4v) is 5.07. The summed E-state index contributed by atoms with van der Waals surface area (Å²) < 4.78 is 10.9. The van der Waals surface area contributed by atoms with Crippen molar-refractivity contribution in [3.8, 4) is 22.6 Å². The molecule has 4 aromatic rings. The number of amides is 3. The number of thiophene rings is 1. The van der Waals surface area contributed by atoms with Crippen LogP contribution in [0.5, 0.6) is 11.5 Å². The maximum absolute atomic E-state index is 12.7. The Balaban J connectivity index is 1.20. The second-order valence-corrected chi connectivity index (χ2v) is 9.04. The molecule has 3 heterocycles. The van der Waals surface area contributed by atoms with Crippen molar-refractivity contribution in [1.82, 2.24) is 15.3 Å². The van der Waals surface area contributed by atoms with E-state index in [0.29, 0.717) is 45.8 Å². The fraction of sp³-hybridized carbons (Fsp3) is 0.130. The number of rotatable bonds is 5. The van der Waals surface area contributed by atoms with E-state index in [1.165, 1.54) is 11.3 Å². The Morgan fingerprint density at radius 1 is 1.09 bits per heavy atom. The zero-order valence-electron chi connectivity index (χ0n) is 17.6. The number of thioether (sulfide) groups is 1. The summed E-state index contributed by atoms with van der Waals surface area (Å²) in [4.78, 5) is 44.9. The highest BCUT2D eigenvalue weighted by molar-refractivity contribution is 7.99. The monoisotopic (exact) mass is 494 g/mol. The van der Waals surface area contributed by atoms with Crippen molar-refractivity contribution in [2.75, 3.05) is 24.3 Å². The van der Waals surface area contributed by atoms with Crippen LogP contribution in [0.25, 0.3) is 21.3 Å². The van der Waals surface area contributed by atoms with E-state index < -0.39 is 11.9 Å². The number of aromatic amines is 1. The van der Waals surface area contributed by atoms with Crippen LogP contribution in [0.4, 0.5) is 10.5 Å². The summed E-state index contributed by atoms with van der Waals surface area (Å²) >= 11 is 2.41. The quantitative estimate of drug-likeness (QED) is 0.284. The lowest BCUT2D eigenvalue weighted by Gasteiger charge is -2.19. The number of ether oxygens (including phenoxy) is 2. The van der Waals surface area contributed by atoms with Crippen LogP contribution < -0.4 is 25.7 Å². The first kappa shape index (κ1) is 22.0. The summed E-state index contributed by atoms with van der Waals surface area (Å²) in [5.74, 6) is 0.504. The molecule has 1 aliphatic rings. The third kappa shape index (κ3) is 4.75. The van der Waals surface area contributed by atoms with Gasteiger partial charge in [-0.15, -0.1) is 11.3 Å². The molecule has 5 rings (SSSR count). The van der Waals surface area contributed by atoms with E-state index in [9.17, 15) is 14.4 Å². The van der Waals surface area contributed by atoms with E-state index in [1.807, 2.05) is 35.7 Å². The van der Waals surface area contributed by atoms with Crippen molar-refractivity contribution >= 4 is 50.9 Å². The van der Waals surface area contributed by atoms with Crippen LogP contribution in [0, 0.1) is 0 Å². The average Bonchev–Trinajstić information content (AvgIpc) is 3.28. The van der Waals surface area contributed by atoms with Gasteiger partial charge in [0.2, 0.25) is 5.91 Å². The van der Waals surface area contributed by atoms with E-state index in [0.717, 1.165) is 22.9 Å². The molecule has 172 valence electrons. The number of anilines is 1. The number of nitrogens with zero attached hydrogens (tertiary/aromatic N) is 1. The number of carbonyl (C=O) groups is 2. The lowest BCUT2D eigenvalue weighted by Crippen LogP contribution is -2.35. The van der Waals surface area contributed by atoms with E-state index in [4.69, 9.17) is 9.47 Å². The number of carbonyl (C=O) groups excluding carboxylic acids is 2. The first-order valence-electron chi connectivity index (χ1n) is 10.3. The van der Waals surface area contributed by atoms with E-state index in [2.05, 4.69) is 20.6 Å². The Bertz CT molecular complexity index is 1430. The zero-order valence-corrected chi connectivity index (χ0v) is 19.3. The maximum Gasteiger partial charge on any atom is 0.325 e. The Morgan fingerprint density at radius 2 is 1.88 bits per heavy atom. The molecule has 0 bridgehead atoms. The summed E-state index contributed by atoms with van der Waals surface area (Å²) in [6.07, 6.45) is 0. The second-order valence-electron chi connectivity index (χ2n) is 7.22. The minimum absolute atomic E-state index is 0.0973. The molecule has 0 spiro atoms. The molecular formula is C23H18N4O5S2. The topological polar surface area (TPSA) is 122 Å². The van der Waals surface area contributed by atoms with Gasteiger partial charge in [0.15, 0.2) is 16.7 Å². The van der Waals surface area contributed by atoms with Crippen LogP contribution in [-0.2, 0) is 4.79 Å². The molecule has 34 heavy (non-hydrogen) atoms. The Labute approximate surface area is 201 Å². The number of urea groups is 1. The number of hydrogen-bond donors (Lipinski definition) is 3. The van der Waals surface area contributed by atoms with E-state index >= 15 is 0 Å². The predicted molar refractivity (Wildman–Crippen MR) is 131 cm³/mol. The van der Waals surface area contributed by atoms with Crippen LogP contribution in [0.2, 0.25) is 0 Å². The van der Waals surface area contributed by atoms with E-state index in [-0.39, 0.29) is 11.3 Å². The molecule has 2 aromatic carbocycles. The standard InChI is InChI=1S/C23H18N4O5S2/c28-18(25-22(30)24-14-6-7-16-17(10-14)32-9-8-31-16)12-34-23-26-20(29)19-15(11-33-21(19)27-23)13-4-2-1-3-5-13/h1-7,10-11H,8-9,12H2,(H,26,27,29)(H2,24,25,28,30). The van der Waals surface area contributed by atoms with Gasteiger partial charge in [-0.3, -0.25) is 14.9 Å². The van der Waals surface area contributed by atoms with Crippen molar-refractivity contribution in [3.63, 3.8) is 0 Å². The minimum Gasteiger partial charge on any atom is -0.486 e. The van der Waals surface area contributed by atoms with Gasteiger partial charge < -0.3 is 19.8 Å². The van der Waals surface area contributed by atoms with Crippen molar-refractivity contribution in [1.29, 1.82) is 0 Å². The van der Waals surface area contributed by atoms with Crippen molar-refractivity contribution in [2.24, 2.45) is 0 Å². The molecule has 0 radical (unpaired) electrons.